The highest BCUT2D eigenvalue weighted by atomic mass is 16.5. The third-order valence-electron chi connectivity index (χ3n) is 10.6. The van der Waals surface area contributed by atoms with Crippen molar-refractivity contribution in [2.75, 3.05) is 9.80 Å². The molecule has 220 valence electrons. The molecule has 0 aromatic heterocycles. The molecule has 3 heterocycles. The highest BCUT2D eigenvalue weighted by Crippen LogP contribution is 2.54. The molecule has 1 fully saturated rings. The second-order valence-electron chi connectivity index (χ2n) is 13.3. The van der Waals surface area contributed by atoms with Crippen LogP contribution in [0.25, 0.3) is 0 Å². The summed E-state index contributed by atoms with van der Waals surface area (Å²) < 4.78 is 12.7. The number of piperidine rings is 1. The summed E-state index contributed by atoms with van der Waals surface area (Å²) in [6.07, 6.45) is 19.4. The Hall–Kier alpha value is -4.64. The number of hydrogen-bond acceptors (Lipinski definition) is 5. The van der Waals surface area contributed by atoms with Gasteiger partial charge in [0.15, 0.2) is 11.5 Å². The number of rotatable bonds is 2. The first-order chi connectivity index (χ1) is 21.6. The van der Waals surface area contributed by atoms with Gasteiger partial charge in [-0.25, -0.2) is 0 Å². The van der Waals surface area contributed by atoms with E-state index in [1.807, 2.05) is 0 Å². The van der Waals surface area contributed by atoms with E-state index in [0.29, 0.717) is 12.0 Å². The molecule has 3 aromatic rings. The molecule has 0 amide bonds. The second kappa shape index (κ2) is 9.68. The van der Waals surface area contributed by atoms with Gasteiger partial charge in [0.2, 0.25) is 0 Å². The van der Waals surface area contributed by atoms with Crippen molar-refractivity contribution < 1.29 is 9.47 Å². The first kappa shape index (κ1) is 25.8. The lowest BCUT2D eigenvalue weighted by atomic mass is 9.61. The molecule has 1 saturated heterocycles. The molecule has 5 nitrogen and oxygen atoms in total. The number of allylic oxidation sites excluding steroid dienone is 3. The van der Waals surface area contributed by atoms with Gasteiger partial charge in [-0.05, 0) is 78.6 Å². The van der Waals surface area contributed by atoms with E-state index in [0.717, 1.165) is 53.6 Å². The molecule has 3 aliphatic carbocycles. The molecule has 5 heteroatoms. The van der Waals surface area contributed by atoms with Crippen LogP contribution in [0.5, 0.6) is 17.2 Å². The third-order valence-corrected chi connectivity index (χ3v) is 10.6. The Balaban J connectivity index is 1.07. The summed E-state index contributed by atoms with van der Waals surface area (Å²) in [7, 11) is 0. The van der Waals surface area contributed by atoms with Crippen LogP contribution in [0.4, 0.5) is 17.1 Å². The van der Waals surface area contributed by atoms with E-state index in [4.69, 9.17) is 9.47 Å². The van der Waals surface area contributed by atoms with Crippen molar-refractivity contribution in [2.24, 2.45) is 11.3 Å². The highest BCUT2D eigenvalue weighted by Gasteiger charge is 2.48. The summed E-state index contributed by atoms with van der Waals surface area (Å²) >= 11 is 0. The van der Waals surface area contributed by atoms with Gasteiger partial charge in [0, 0.05) is 11.7 Å². The average molecular weight is 580 g/mol. The number of nitrogens with one attached hydrogen (secondary N) is 1. The van der Waals surface area contributed by atoms with E-state index in [1.54, 1.807) is 0 Å². The maximum absolute atomic E-state index is 6.39. The minimum Gasteiger partial charge on any atom is -0.457 e. The molecule has 9 rings (SSSR count). The third kappa shape index (κ3) is 3.84. The van der Waals surface area contributed by atoms with E-state index >= 15 is 0 Å². The van der Waals surface area contributed by atoms with Crippen molar-refractivity contribution in [3.8, 4) is 17.2 Å². The van der Waals surface area contributed by atoms with Crippen molar-refractivity contribution in [3.63, 3.8) is 0 Å². The first-order valence-corrected chi connectivity index (χ1v) is 16.0. The molecule has 6 aliphatic rings. The number of para-hydroxylation sites is 6. The Kier molecular flexibility index (Phi) is 5.68. The van der Waals surface area contributed by atoms with Gasteiger partial charge >= 0.3 is 0 Å². The van der Waals surface area contributed by atoms with Crippen LogP contribution in [0, 0.1) is 11.3 Å². The Morgan fingerprint density at radius 1 is 0.773 bits per heavy atom. The van der Waals surface area contributed by atoms with Crippen molar-refractivity contribution in [2.45, 2.75) is 57.3 Å². The quantitative estimate of drug-likeness (QED) is 0.308. The maximum Gasteiger partial charge on any atom is 0.151 e. The van der Waals surface area contributed by atoms with Gasteiger partial charge in [-0.3, -0.25) is 0 Å². The SMILES string of the molecule is CC1(C)C2=CC(N3c4ccccc4OC4=CC=CCC43)CC=C2NC2C=CC(N3c4ccccc4Oc4ccccc43)CC21. The summed E-state index contributed by atoms with van der Waals surface area (Å²) in [4.78, 5) is 5.11. The van der Waals surface area contributed by atoms with Crippen LogP contribution < -0.4 is 24.6 Å². The average Bonchev–Trinajstić information content (AvgIpc) is 3.06. The molecule has 0 saturated carbocycles. The Morgan fingerprint density at radius 3 is 2.20 bits per heavy atom. The van der Waals surface area contributed by atoms with Crippen molar-refractivity contribution in [1.29, 1.82) is 0 Å². The number of hydrogen-bond donors (Lipinski definition) is 1. The van der Waals surface area contributed by atoms with E-state index in [1.165, 1.54) is 17.0 Å². The predicted octanol–water partition coefficient (Wildman–Crippen LogP) is 8.57. The zero-order valence-electron chi connectivity index (χ0n) is 25.2. The predicted molar refractivity (Wildman–Crippen MR) is 177 cm³/mol. The van der Waals surface area contributed by atoms with Gasteiger partial charge in [-0.2, -0.15) is 0 Å². The molecule has 0 bridgehead atoms. The largest absolute Gasteiger partial charge is 0.457 e. The molecule has 5 atom stereocenters. The fraction of sp³-hybridized carbons (Fsp3) is 0.282. The molecule has 3 aliphatic heterocycles. The standard InChI is InChI=1S/C39H37N3O2/c1-39(2)27-23-25(41-31-11-3-7-15-35(31)43-36-16-8-4-12-32(36)41)19-21-29(27)40-30-22-20-26(24-28(30)39)42-33-13-5-9-17-37(33)44-38-18-10-6-14-34(38)42/h3-13,15-19,21-22,24-27,29,34,40H,14,20,23H2,1-2H3. The normalized spacial score (nSPS) is 28.6. The smallest absolute Gasteiger partial charge is 0.151 e. The van der Waals surface area contributed by atoms with E-state index in [2.05, 4.69) is 144 Å². The summed E-state index contributed by atoms with van der Waals surface area (Å²) in [6.45, 7) is 4.93. The molecular formula is C39H37N3O2. The molecular weight excluding hydrogens is 542 g/mol. The fourth-order valence-corrected chi connectivity index (χ4v) is 8.42. The molecule has 44 heavy (non-hydrogen) atoms. The Labute approximate surface area is 259 Å². The van der Waals surface area contributed by atoms with E-state index in [-0.39, 0.29) is 23.5 Å². The van der Waals surface area contributed by atoms with Crippen LogP contribution in [-0.2, 0) is 0 Å². The summed E-state index contributed by atoms with van der Waals surface area (Å²) in [5.41, 5.74) is 6.18. The zero-order valence-corrected chi connectivity index (χ0v) is 25.2. The number of benzene rings is 3. The lowest BCUT2D eigenvalue weighted by molar-refractivity contribution is 0.175. The van der Waals surface area contributed by atoms with Crippen molar-refractivity contribution in [1.82, 2.24) is 5.32 Å². The van der Waals surface area contributed by atoms with E-state index in [9.17, 15) is 0 Å². The second-order valence-corrected chi connectivity index (χ2v) is 13.3. The van der Waals surface area contributed by atoms with Crippen molar-refractivity contribution >= 4 is 17.1 Å². The Morgan fingerprint density at radius 2 is 1.45 bits per heavy atom. The van der Waals surface area contributed by atoms with Crippen LogP contribution in [0.15, 0.2) is 132 Å². The number of fused-ring (bicyclic) bond motifs is 6. The molecule has 0 radical (unpaired) electrons. The van der Waals surface area contributed by atoms with Crippen LogP contribution >= 0.6 is 0 Å². The number of ether oxygens (including phenoxy) is 2. The lowest BCUT2D eigenvalue weighted by Crippen LogP contribution is -2.55. The fourth-order valence-electron chi connectivity index (χ4n) is 8.42. The maximum atomic E-state index is 6.39. The monoisotopic (exact) mass is 579 g/mol. The van der Waals surface area contributed by atoms with Gasteiger partial charge in [-0.1, -0.05) is 86.7 Å². The van der Waals surface area contributed by atoms with Gasteiger partial charge in [-0.15, -0.1) is 0 Å². The summed E-state index contributed by atoms with van der Waals surface area (Å²) in [5.74, 6) is 4.26. The first-order valence-electron chi connectivity index (χ1n) is 16.0. The van der Waals surface area contributed by atoms with Gasteiger partial charge in [0.25, 0.3) is 0 Å². The van der Waals surface area contributed by atoms with E-state index < -0.39 is 0 Å². The van der Waals surface area contributed by atoms with Crippen LogP contribution in [0.1, 0.15) is 33.1 Å². The minimum atomic E-state index is -0.0221. The zero-order chi connectivity index (χ0) is 29.4. The minimum absolute atomic E-state index is 0.0221. The summed E-state index contributed by atoms with van der Waals surface area (Å²) in [5, 5.41) is 3.97. The van der Waals surface area contributed by atoms with Gasteiger partial charge < -0.3 is 24.6 Å². The molecule has 1 N–H and O–H groups in total. The van der Waals surface area contributed by atoms with Gasteiger partial charge in [0.05, 0.1) is 35.2 Å². The van der Waals surface area contributed by atoms with Crippen LogP contribution in [0.3, 0.4) is 0 Å². The Bertz CT molecular complexity index is 1770. The van der Waals surface area contributed by atoms with Crippen molar-refractivity contribution in [3.05, 3.63) is 132 Å². The number of anilines is 3. The summed E-state index contributed by atoms with van der Waals surface area (Å²) in [6, 6.07) is 26.4. The van der Waals surface area contributed by atoms with Crippen LogP contribution in [-0.4, -0.2) is 24.2 Å². The highest BCUT2D eigenvalue weighted by molar-refractivity contribution is 5.79. The molecule has 3 aromatic carbocycles. The van der Waals surface area contributed by atoms with Crippen LogP contribution in [0.2, 0.25) is 0 Å². The number of nitrogens with zero attached hydrogens (tertiary/aromatic N) is 2. The molecule has 0 spiro atoms. The molecule has 5 unspecified atom stereocenters. The lowest BCUT2D eigenvalue weighted by Gasteiger charge is -2.53. The van der Waals surface area contributed by atoms with Gasteiger partial charge in [0.1, 0.15) is 11.5 Å². The topological polar surface area (TPSA) is 37.0 Å².